The predicted octanol–water partition coefficient (Wildman–Crippen LogP) is 1.97. The zero-order valence-corrected chi connectivity index (χ0v) is 14.8. The van der Waals surface area contributed by atoms with Crippen molar-refractivity contribution in [3.63, 3.8) is 0 Å². The number of anilines is 1. The van der Waals surface area contributed by atoms with Crippen molar-refractivity contribution in [2.75, 3.05) is 25.5 Å². The summed E-state index contributed by atoms with van der Waals surface area (Å²) in [5.41, 5.74) is 1.16. The van der Waals surface area contributed by atoms with Crippen molar-refractivity contribution in [2.24, 2.45) is 0 Å². The molecule has 1 unspecified atom stereocenters. The number of quaternary nitrogens is 1. The van der Waals surface area contributed by atoms with Gasteiger partial charge in [0.1, 0.15) is 6.54 Å². The Balaban J connectivity index is 1.82. The molecule has 1 atom stereocenters. The molecule has 1 heterocycles. The maximum atomic E-state index is 12.1. The highest BCUT2D eigenvalue weighted by molar-refractivity contribution is 7.09. The average Bonchev–Trinajstić information content (AvgIpc) is 3.05. The molecule has 0 spiro atoms. The number of rotatable bonds is 8. The van der Waals surface area contributed by atoms with E-state index in [0.29, 0.717) is 24.4 Å². The molecule has 1 aromatic heterocycles. The molecule has 2 rings (SSSR count). The van der Waals surface area contributed by atoms with Crippen molar-refractivity contribution in [3.05, 3.63) is 52.2 Å². The van der Waals surface area contributed by atoms with Gasteiger partial charge in [-0.15, -0.1) is 11.3 Å². The monoisotopic (exact) mass is 347 g/mol. The summed E-state index contributed by atoms with van der Waals surface area (Å²) in [6.45, 7) is 3.57. The van der Waals surface area contributed by atoms with Crippen LogP contribution in [-0.2, 0) is 16.1 Å². The van der Waals surface area contributed by atoms with Crippen LogP contribution < -0.4 is 10.2 Å². The van der Waals surface area contributed by atoms with E-state index < -0.39 is 0 Å². The Morgan fingerprint density at radius 1 is 1.21 bits per heavy atom. The maximum absolute atomic E-state index is 12.1. The second-order valence-electron chi connectivity index (χ2n) is 5.65. The molecular formula is C18H23N2O3S+. The van der Waals surface area contributed by atoms with E-state index in [2.05, 4.69) is 11.4 Å². The van der Waals surface area contributed by atoms with E-state index in [9.17, 15) is 9.59 Å². The van der Waals surface area contributed by atoms with Gasteiger partial charge in [-0.1, -0.05) is 13.0 Å². The first-order valence-corrected chi connectivity index (χ1v) is 8.87. The Morgan fingerprint density at radius 3 is 2.58 bits per heavy atom. The van der Waals surface area contributed by atoms with Gasteiger partial charge < -0.3 is 15.0 Å². The molecule has 0 fully saturated rings. The average molecular weight is 347 g/mol. The van der Waals surface area contributed by atoms with Crippen LogP contribution in [0, 0.1) is 0 Å². The molecule has 24 heavy (non-hydrogen) atoms. The molecule has 0 saturated carbocycles. The molecule has 0 radical (unpaired) electrons. The number of likely N-dealkylation sites (N-methyl/N-ethyl adjacent to an activating group) is 1. The van der Waals surface area contributed by atoms with Gasteiger partial charge in [-0.05, 0) is 42.1 Å². The molecule has 0 aliphatic carbocycles. The van der Waals surface area contributed by atoms with E-state index in [1.165, 1.54) is 4.88 Å². The van der Waals surface area contributed by atoms with Crippen molar-refractivity contribution in [1.82, 2.24) is 0 Å². The topological polar surface area (TPSA) is 59.8 Å². The Kier molecular flexibility index (Phi) is 6.96. The van der Waals surface area contributed by atoms with Crippen LogP contribution in [0.4, 0.5) is 5.69 Å². The summed E-state index contributed by atoms with van der Waals surface area (Å²) in [7, 11) is 1.99. The number of ether oxygens (including phenoxy) is 1. The van der Waals surface area contributed by atoms with Crippen molar-refractivity contribution >= 4 is 28.9 Å². The van der Waals surface area contributed by atoms with Crippen LogP contribution in [0.5, 0.6) is 0 Å². The van der Waals surface area contributed by atoms with Gasteiger partial charge in [-0.25, -0.2) is 4.79 Å². The van der Waals surface area contributed by atoms with E-state index in [-0.39, 0.29) is 11.9 Å². The second kappa shape index (κ2) is 9.20. The minimum atomic E-state index is -0.338. The fraction of sp³-hybridized carbons (Fsp3) is 0.333. The van der Waals surface area contributed by atoms with Crippen LogP contribution in [0.3, 0.4) is 0 Å². The number of esters is 1. The standard InChI is InChI=1S/C18H22N2O3S/c1-3-10-23-18(22)14-6-8-15(9-7-14)19-17(21)13-20(2)12-16-5-4-11-24-16/h4-9,11H,3,10,12-13H2,1-2H3,(H,19,21)/p+1. The summed E-state index contributed by atoms with van der Waals surface area (Å²) in [5, 5.41) is 4.89. The molecule has 2 aromatic rings. The number of carbonyl (C=O) groups excluding carboxylic acids is 2. The van der Waals surface area contributed by atoms with Crippen LogP contribution in [0.1, 0.15) is 28.6 Å². The van der Waals surface area contributed by atoms with Gasteiger partial charge in [-0.2, -0.15) is 0 Å². The molecule has 2 N–H and O–H groups in total. The summed E-state index contributed by atoms with van der Waals surface area (Å²) in [6, 6.07) is 10.8. The maximum Gasteiger partial charge on any atom is 0.338 e. The first-order chi connectivity index (χ1) is 11.6. The van der Waals surface area contributed by atoms with Crippen LogP contribution in [0.25, 0.3) is 0 Å². The third-order valence-electron chi connectivity index (χ3n) is 3.36. The van der Waals surface area contributed by atoms with Crippen LogP contribution in [0.15, 0.2) is 41.8 Å². The molecule has 128 valence electrons. The van der Waals surface area contributed by atoms with Gasteiger partial charge >= 0.3 is 5.97 Å². The lowest BCUT2D eigenvalue weighted by Crippen LogP contribution is -3.08. The number of hydrogen-bond acceptors (Lipinski definition) is 4. The van der Waals surface area contributed by atoms with Crippen LogP contribution >= 0.6 is 11.3 Å². The molecule has 1 aromatic carbocycles. The first kappa shape index (κ1) is 18.2. The van der Waals surface area contributed by atoms with Crippen LogP contribution in [0.2, 0.25) is 0 Å². The van der Waals surface area contributed by atoms with Crippen molar-refractivity contribution in [3.8, 4) is 0 Å². The van der Waals surface area contributed by atoms with E-state index in [1.54, 1.807) is 35.6 Å². The molecule has 0 aliphatic heterocycles. The highest BCUT2D eigenvalue weighted by Gasteiger charge is 2.12. The summed E-state index contributed by atoms with van der Waals surface area (Å²) in [4.78, 5) is 26.2. The molecule has 1 amide bonds. The van der Waals surface area contributed by atoms with Gasteiger partial charge in [0.05, 0.1) is 24.1 Å². The van der Waals surface area contributed by atoms with Crippen molar-refractivity contribution in [2.45, 2.75) is 19.9 Å². The van der Waals surface area contributed by atoms with E-state index in [1.807, 2.05) is 25.4 Å². The highest BCUT2D eigenvalue weighted by Crippen LogP contribution is 2.10. The van der Waals surface area contributed by atoms with E-state index in [4.69, 9.17) is 4.74 Å². The third kappa shape index (κ3) is 5.79. The van der Waals surface area contributed by atoms with Crippen LogP contribution in [-0.4, -0.2) is 32.1 Å². The SMILES string of the molecule is CCCOC(=O)c1ccc(NC(=O)C[NH+](C)Cc2cccs2)cc1. The molecule has 0 aliphatic rings. The quantitative estimate of drug-likeness (QED) is 0.718. The Labute approximate surface area is 146 Å². The lowest BCUT2D eigenvalue weighted by atomic mass is 10.2. The molecule has 0 saturated heterocycles. The number of nitrogens with one attached hydrogen (secondary N) is 2. The predicted molar refractivity (Wildman–Crippen MR) is 95.4 cm³/mol. The Bertz CT molecular complexity index is 653. The summed E-state index contributed by atoms with van der Waals surface area (Å²) >= 11 is 1.70. The highest BCUT2D eigenvalue weighted by atomic mass is 32.1. The van der Waals surface area contributed by atoms with E-state index in [0.717, 1.165) is 17.9 Å². The van der Waals surface area contributed by atoms with Gasteiger partial charge in [0.15, 0.2) is 6.54 Å². The number of hydrogen-bond donors (Lipinski definition) is 2. The lowest BCUT2D eigenvalue weighted by Gasteiger charge is -2.13. The third-order valence-corrected chi connectivity index (χ3v) is 4.24. The van der Waals surface area contributed by atoms with Gasteiger partial charge in [0.2, 0.25) is 0 Å². The Morgan fingerprint density at radius 2 is 1.96 bits per heavy atom. The van der Waals surface area contributed by atoms with Gasteiger partial charge in [0.25, 0.3) is 5.91 Å². The Hall–Kier alpha value is -2.18. The summed E-state index contributed by atoms with van der Waals surface area (Å²) in [5.74, 6) is -0.389. The summed E-state index contributed by atoms with van der Waals surface area (Å²) in [6.07, 6.45) is 0.793. The largest absolute Gasteiger partial charge is 0.462 e. The number of benzene rings is 1. The molecular weight excluding hydrogens is 324 g/mol. The van der Waals surface area contributed by atoms with Gasteiger partial charge in [0, 0.05) is 5.69 Å². The normalized spacial score (nSPS) is 11.8. The molecule has 5 nitrogen and oxygen atoms in total. The van der Waals surface area contributed by atoms with Crippen molar-refractivity contribution < 1.29 is 19.2 Å². The van der Waals surface area contributed by atoms with Gasteiger partial charge in [-0.3, -0.25) is 4.79 Å². The number of amides is 1. The minimum Gasteiger partial charge on any atom is -0.462 e. The van der Waals surface area contributed by atoms with E-state index >= 15 is 0 Å². The molecule has 6 heteroatoms. The summed E-state index contributed by atoms with van der Waals surface area (Å²) < 4.78 is 5.07. The van der Waals surface area contributed by atoms with Crippen molar-refractivity contribution in [1.29, 1.82) is 0 Å². The zero-order valence-electron chi connectivity index (χ0n) is 14.0. The first-order valence-electron chi connectivity index (χ1n) is 7.99. The number of thiophene rings is 1. The number of carbonyl (C=O) groups is 2. The molecule has 0 bridgehead atoms. The zero-order chi connectivity index (χ0) is 17.4. The lowest BCUT2D eigenvalue weighted by molar-refractivity contribution is -0.884. The second-order valence-corrected chi connectivity index (χ2v) is 6.68. The fourth-order valence-electron chi connectivity index (χ4n) is 2.22. The smallest absolute Gasteiger partial charge is 0.338 e. The fourth-order valence-corrected chi connectivity index (χ4v) is 3.04. The minimum absolute atomic E-state index is 0.0506.